The van der Waals surface area contributed by atoms with Gasteiger partial charge in [-0.1, -0.05) is 36.4 Å². The molecule has 0 fully saturated rings. The average Bonchev–Trinajstić information content (AvgIpc) is 2.57. The number of fused-ring (bicyclic) bond motifs is 3. The number of nitrogens with zero attached hydrogens (tertiary/aromatic N) is 1. The Bertz CT molecular complexity index is 1060. The molecule has 22 heavy (non-hydrogen) atoms. The number of benzene rings is 3. The van der Waals surface area contributed by atoms with Crippen LogP contribution in [0.1, 0.15) is 5.56 Å². The fourth-order valence-electron chi connectivity index (χ4n) is 3.41. The van der Waals surface area contributed by atoms with Crippen LogP contribution < -0.4 is 4.74 Å². The number of pyridine rings is 1. The fourth-order valence-corrected chi connectivity index (χ4v) is 3.41. The van der Waals surface area contributed by atoms with Gasteiger partial charge < -0.3 is 4.74 Å². The van der Waals surface area contributed by atoms with Crippen molar-refractivity contribution in [2.75, 3.05) is 0 Å². The van der Waals surface area contributed by atoms with Gasteiger partial charge in [0.05, 0.1) is 11.1 Å². The fraction of sp³-hybridized carbons (Fsp3) is 0.0500. The maximum Gasteiger partial charge on any atom is 0.140 e. The van der Waals surface area contributed by atoms with Crippen LogP contribution in [0.4, 0.5) is 0 Å². The number of hydrogen-bond donors (Lipinski definition) is 0. The maximum absolute atomic E-state index is 6.25. The van der Waals surface area contributed by atoms with Crippen LogP contribution in [0.25, 0.3) is 32.8 Å². The summed E-state index contributed by atoms with van der Waals surface area (Å²) >= 11 is 0. The largest absolute Gasteiger partial charge is 0.456 e. The molecule has 0 saturated heterocycles. The third-order valence-electron chi connectivity index (χ3n) is 4.47. The van der Waals surface area contributed by atoms with Crippen molar-refractivity contribution in [1.82, 2.24) is 4.98 Å². The number of hydrogen-bond acceptors (Lipinski definition) is 2. The molecule has 0 aliphatic carbocycles. The second-order valence-corrected chi connectivity index (χ2v) is 5.72. The Balaban J connectivity index is 1.98. The molecule has 104 valence electrons. The minimum Gasteiger partial charge on any atom is -0.456 e. The van der Waals surface area contributed by atoms with Crippen molar-refractivity contribution < 1.29 is 4.74 Å². The normalized spacial score (nSPS) is 12.2. The van der Waals surface area contributed by atoms with E-state index in [0.29, 0.717) is 0 Å². The van der Waals surface area contributed by atoms with E-state index in [9.17, 15) is 0 Å². The van der Waals surface area contributed by atoms with E-state index in [1.165, 1.54) is 21.7 Å². The SMILES string of the molecule is Cc1c2c(cc3ccccc13)-c1nccc3cccc(c13)O2. The van der Waals surface area contributed by atoms with Crippen molar-refractivity contribution in [3.8, 4) is 22.8 Å². The van der Waals surface area contributed by atoms with Crippen molar-refractivity contribution in [3.63, 3.8) is 0 Å². The minimum absolute atomic E-state index is 0.895. The third-order valence-corrected chi connectivity index (χ3v) is 4.47. The van der Waals surface area contributed by atoms with Crippen LogP contribution in [0.5, 0.6) is 11.5 Å². The van der Waals surface area contributed by atoms with Crippen LogP contribution in [0.15, 0.2) is 60.8 Å². The molecule has 4 aromatic rings. The lowest BCUT2D eigenvalue weighted by atomic mass is 9.94. The molecule has 1 aromatic heterocycles. The van der Waals surface area contributed by atoms with Gasteiger partial charge in [0.15, 0.2) is 0 Å². The Kier molecular flexibility index (Phi) is 2.18. The first-order valence-corrected chi connectivity index (χ1v) is 7.41. The lowest BCUT2D eigenvalue weighted by Gasteiger charge is -2.23. The molecule has 0 saturated carbocycles. The Morgan fingerprint density at radius 3 is 2.73 bits per heavy atom. The third kappa shape index (κ3) is 1.41. The van der Waals surface area contributed by atoms with Gasteiger partial charge in [0.1, 0.15) is 11.5 Å². The minimum atomic E-state index is 0.895. The zero-order chi connectivity index (χ0) is 14.7. The lowest BCUT2D eigenvalue weighted by molar-refractivity contribution is 0.483. The highest BCUT2D eigenvalue weighted by molar-refractivity contribution is 6.05. The van der Waals surface area contributed by atoms with Crippen LogP contribution in [0.2, 0.25) is 0 Å². The number of ether oxygens (including phenoxy) is 1. The first kappa shape index (κ1) is 11.8. The molecule has 2 nitrogen and oxygen atoms in total. The van der Waals surface area contributed by atoms with Crippen molar-refractivity contribution in [2.45, 2.75) is 6.92 Å². The summed E-state index contributed by atoms with van der Waals surface area (Å²) in [5, 5.41) is 4.72. The zero-order valence-corrected chi connectivity index (χ0v) is 12.1. The quantitative estimate of drug-likeness (QED) is 0.376. The van der Waals surface area contributed by atoms with E-state index < -0.39 is 0 Å². The van der Waals surface area contributed by atoms with E-state index in [1.807, 2.05) is 24.4 Å². The first-order valence-electron chi connectivity index (χ1n) is 7.41. The molecule has 0 N–H and O–H groups in total. The smallest absolute Gasteiger partial charge is 0.140 e. The number of aryl methyl sites for hydroxylation is 1. The van der Waals surface area contributed by atoms with E-state index in [2.05, 4.69) is 48.3 Å². The number of rotatable bonds is 0. The molecule has 0 atom stereocenters. The van der Waals surface area contributed by atoms with E-state index >= 15 is 0 Å². The summed E-state index contributed by atoms with van der Waals surface area (Å²) in [7, 11) is 0. The first-order chi connectivity index (χ1) is 10.8. The lowest BCUT2D eigenvalue weighted by Crippen LogP contribution is -2.01. The van der Waals surface area contributed by atoms with Crippen molar-refractivity contribution >= 4 is 21.5 Å². The zero-order valence-electron chi connectivity index (χ0n) is 12.1. The van der Waals surface area contributed by atoms with Crippen molar-refractivity contribution in [2.24, 2.45) is 0 Å². The molecule has 0 amide bonds. The summed E-state index contributed by atoms with van der Waals surface area (Å²) in [5.74, 6) is 1.82. The second-order valence-electron chi connectivity index (χ2n) is 5.72. The van der Waals surface area contributed by atoms with E-state index in [1.54, 1.807) is 0 Å². The van der Waals surface area contributed by atoms with Gasteiger partial charge in [0, 0.05) is 17.3 Å². The molecule has 5 rings (SSSR count). The van der Waals surface area contributed by atoms with E-state index in [0.717, 1.165) is 28.1 Å². The molecule has 0 unspecified atom stereocenters. The van der Waals surface area contributed by atoms with Gasteiger partial charge in [-0.25, -0.2) is 0 Å². The highest BCUT2D eigenvalue weighted by Crippen LogP contribution is 2.48. The Labute approximate surface area is 128 Å². The van der Waals surface area contributed by atoms with Crippen LogP contribution in [0, 0.1) is 6.92 Å². The predicted octanol–water partition coefficient (Wildman–Crippen LogP) is 5.47. The monoisotopic (exact) mass is 283 g/mol. The molecule has 0 spiro atoms. The van der Waals surface area contributed by atoms with Gasteiger partial charge >= 0.3 is 0 Å². The maximum atomic E-state index is 6.25. The van der Waals surface area contributed by atoms with Crippen LogP contribution in [-0.2, 0) is 0 Å². The summed E-state index contributed by atoms with van der Waals surface area (Å²) in [5.41, 5.74) is 3.27. The van der Waals surface area contributed by atoms with Crippen LogP contribution in [0.3, 0.4) is 0 Å². The van der Waals surface area contributed by atoms with Crippen LogP contribution in [-0.4, -0.2) is 4.98 Å². The van der Waals surface area contributed by atoms with Gasteiger partial charge in [-0.05, 0) is 41.3 Å². The summed E-state index contributed by atoms with van der Waals surface area (Å²) in [6.07, 6.45) is 1.88. The standard InChI is InChI=1S/C20H13NO/c1-12-15-7-3-2-5-14(15)11-16-19-18-13(9-10-21-19)6-4-8-17(18)22-20(12)16/h2-11H,1H3. The topological polar surface area (TPSA) is 22.1 Å². The summed E-state index contributed by atoms with van der Waals surface area (Å²) in [4.78, 5) is 4.65. The molecule has 1 aliphatic heterocycles. The molecule has 3 aromatic carbocycles. The molecule has 2 heteroatoms. The Morgan fingerprint density at radius 2 is 1.77 bits per heavy atom. The van der Waals surface area contributed by atoms with Gasteiger partial charge in [-0.2, -0.15) is 0 Å². The predicted molar refractivity (Wildman–Crippen MR) is 89.5 cm³/mol. The molecule has 2 heterocycles. The Hall–Kier alpha value is -2.87. The molecular formula is C20H13NO. The molecule has 0 radical (unpaired) electrons. The van der Waals surface area contributed by atoms with Crippen LogP contribution >= 0.6 is 0 Å². The Morgan fingerprint density at radius 1 is 0.909 bits per heavy atom. The highest BCUT2D eigenvalue weighted by Gasteiger charge is 2.23. The summed E-state index contributed by atoms with van der Waals surface area (Å²) in [6, 6.07) is 18.8. The number of aromatic nitrogens is 1. The highest BCUT2D eigenvalue weighted by atomic mass is 16.5. The van der Waals surface area contributed by atoms with Gasteiger partial charge in [-0.15, -0.1) is 0 Å². The van der Waals surface area contributed by atoms with Crippen molar-refractivity contribution in [3.05, 3.63) is 66.4 Å². The van der Waals surface area contributed by atoms with Gasteiger partial charge in [0.2, 0.25) is 0 Å². The van der Waals surface area contributed by atoms with E-state index in [-0.39, 0.29) is 0 Å². The molecule has 1 aliphatic rings. The molecule has 0 bridgehead atoms. The van der Waals surface area contributed by atoms with Crippen molar-refractivity contribution in [1.29, 1.82) is 0 Å². The second kappa shape index (κ2) is 4.08. The van der Waals surface area contributed by atoms with E-state index in [4.69, 9.17) is 4.74 Å². The molecular weight excluding hydrogens is 270 g/mol. The summed E-state index contributed by atoms with van der Waals surface area (Å²) in [6.45, 7) is 2.12. The summed E-state index contributed by atoms with van der Waals surface area (Å²) < 4.78 is 6.25. The van der Waals surface area contributed by atoms with Gasteiger partial charge in [-0.3, -0.25) is 4.98 Å². The average molecular weight is 283 g/mol. The van der Waals surface area contributed by atoms with Gasteiger partial charge in [0.25, 0.3) is 0 Å².